The van der Waals surface area contributed by atoms with Gasteiger partial charge in [0.1, 0.15) is 17.8 Å². The van der Waals surface area contributed by atoms with Crippen LogP contribution >= 0.6 is 0 Å². The Hall–Kier alpha value is -4.60. The quantitative estimate of drug-likeness (QED) is 0.253. The zero-order valence-corrected chi connectivity index (χ0v) is 21.1. The second-order valence-corrected chi connectivity index (χ2v) is 9.00. The number of amidine groups is 1. The van der Waals surface area contributed by atoms with Gasteiger partial charge in [0.15, 0.2) is 11.6 Å². The van der Waals surface area contributed by atoms with Gasteiger partial charge in [-0.3, -0.25) is 15.0 Å². The summed E-state index contributed by atoms with van der Waals surface area (Å²) in [6.45, 7) is 0.465. The van der Waals surface area contributed by atoms with E-state index in [-0.39, 0.29) is 30.0 Å². The van der Waals surface area contributed by atoms with E-state index < -0.39 is 24.1 Å². The third-order valence-electron chi connectivity index (χ3n) is 6.58. The summed E-state index contributed by atoms with van der Waals surface area (Å²) in [5, 5.41) is 13.0. The summed E-state index contributed by atoms with van der Waals surface area (Å²) in [6.07, 6.45) is 0.394. The highest BCUT2D eigenvalue weighted by Gasteiger charge is 2.41. The Labute approximate surface area is 220 Å². The van der Waals surface area contributed by atoms with Crippen molar-refractivity contribution >= 4 is 23.7 Å². The molecule has 1 fully saturated rings. The van der Waals surface area contributed by atoms with Gasteiger partial charge in [0.05, 0.1) is 13.7 Å². The van der Waals surface area contributed by atoms with Crippen LogP contribution in [0.1, 0.15) is 41.4 Å². The molecule has 38 heavy (non-hydrogen) atoms. The van der Waals surface area contributed by atoms with E-state index in [0.717, 1.165) is 11.1 Å². The highest BCUT2D eigenvalue weighted by molar-refractivity contribution is 5.93. The number of likely N-dealkylation sites (tertiary alicyclic amines) is 1. The number of benzene rings is 2. The van der Waals surface area contributed by atoms with Crippen LogP contribution in [0.15, 0.2) is 77.2 Å². The maximum Gasteiger partial charge on any atom is 0.407 e. The standard InChI is InChI=1S/C28H31N5O5/c1-37-28(36)32-24(23(18-9-4-2-5-10-18)19-11-6-3-7-12-19)27(35)33-16-8-13-21(33)26(34)31-17-20-14-15-22(38-20)25(29)30/h2-7,9-12,14-15,21,23-24H,8,13,16-17H2,1H3,(H3,29,30)(H,31,34)(H,32,36)/t21-,24+/m0/s1. The van der Waals surface area contributed by atoms with Crippen LogP contribution in [-0.2, 0) is 20.9 Å². The van der Waals surface area contributed by atoms with E-state index in [1.54, 1.807) is 12.1 Å². The smallest absolute Gasteiger partial charge is 0.407 e. The monoisotopic (exact) mass is 517 g/mol. The topological polar surface area (TPSA) is 151 Å². The molecule has 10 heteroatoms. The number of nitrogen functional groups attached to an aromatic ring is 1. The lowest BCUT2D eigenvalue weighted by molar-refractivity contribution is -0.140. The molecule has 2 aromatic carbocycles. The molecule has 4 rings (SSSR count). The summed E-state index contributed by atoms with van der Waals surface area (Å²) in [6, 6.07) is 20.4. The van der Waals surface area contributed by atoms with Crippen LogP contribution in [0.2, 0.25) is 0 Å². The van der Waals surface area contributed by atoms with Gasteiger partial charge in [-0.25, -0.2) is 4.79 Å². The molecule has 0 saturated carbocycles. The van der Waals surface area contributed by atoms with E-state index in [4.69, 9.17) is 20.3 Å². The van der Waals surface area contributed by atoms with Gasteiger partial charge in [0.25, 0.3) is 0 Å². The Bertz CT molecular complexity index is 1240. The summed E-state index contributed by atoms with van der Waals surface area (Å²) in [5.41, 5.74) is 7.12. The Balaban J connectivity index is 1.59. The number of methoxy groups -OCH3 is 1. The highest BCUT2D eigenvalue weighted by atomic mass is 16.5. The lowest BCUT2D eigenvalue weighted by Gasteiger charge is -2.33. The maximum absolute atomic E-state index is 14.1. The Morgan fingerprint density at radius 3 is 2.24 bits per heavy atom. The molecule has 0 unspecified atom stereocenters. The molecule has 0 spiro atoms. The van der Waals surface area contributed by atoms with Crippen molar-refractivity contribution in [3.63, 3.8) is 0 Å². The summed E-state index contributed by atoms with van der Waals surface area (Å²) in [4.78, 5) is 41.2. The predicted molar refractivity (Wildman–Crippen MR) is 140 cm³/mol. The number of nitrogens with zero attached hydrogens (tertiary/aromatic N) is 1. The molecule has 198 valence electrons. The Kier molecular flexibility index (Phi) is 8.42. The minimum Gasteiger partial charge on any atom is -0.456 e. The molecule has 1 aromatic heterocycles. The average molecular weight is 518 g/mol. The molecule has 0 aliphatic carbocycles. The van der Waals surface area contributed by atoms with Crippen LogP contribution < -0.4 is 16.4 Å². The van der Waals surface area contributed by atoms with E-state index >= 15 is 0 Å². The van der Waals surface area contributed by atoms with Gasteiger partial charge in [0.2, 0.25) is 11.8 Å². The van der Waals surface area contributed by atoms with Crippen molar-refractivity contribution in [3.05, 3.63) is 95.4 Å². The van der Waals surface area contributed by atoms with Crippen molar-refractivity contribution in [1.82, 2.24) is 15.5 Å². The van der Waals surface area contributed by atoms with Crippen molar-refractivity contribution in [2.75, 3.05) is 13.7 Å². The molecule has 0 bridgehead atoms. The van der Waals surface area contributed by atoms with Gasteiger partial charge in [-0.05, 0) is 36.1 Å². The second kappa shape index (κ2) is 12.1. The van der Waals surface area contributed by atoms with Gasteiger partial charge < -0.3 is 30.4 Å². The summed E-state index contributed by atoms with van der Waals surface area (Å²) < 4.78 is 10.3. The minimum absolute atomic E-state index is 0.0884. The molecule has 1 aliphatic heterocycles. The first-order chi connectivity index (χ1) is 18.4. The minimum atomic E-state index is -1.01. The van der Waals surface area contributed by atoms with E-state index in [9.17, 15) is 14.4 Å². The molecule has 10 nitrogen and oxygen atoms in total. The number of nitrogens with two attached hydrogens (primary N) is 1. The van der Waals surface area contributed by atoms with E-state index in [0.29, 0.717) is 25.1 Å². The van der Waals surface area contributed by atoms with Crippen LogP contribution in [-0.4, -0.2) is 54.4 Å². The number of ether oxygens (including phenoxy) is 1. The molecule has 5 N–H and O–H groups in total. The van der Waals surface area contributed by atoms with Gasteiger partial charge in [0, 0.05) is 12.5 Å². The van der Waals surface area contributed by atoms with Crippen molar-refractivity contribution in [1.29, 1.82) is 5.41 Å². The van der Waals surface area contributed by atoms with Crippen LogP contribution in [0.4, 0.5) is 4.79 Å². The second-order valence-electron chi connectivity index (χ2n) is 9.00. The molecular formula is C28H31N5O5. The largest absolute Gasteiger partial charge is 0.456 e. The Morgan fingerprint density at radius 1 is 1.05 bits per heavy atom. The first-order valence-corrected chi connectivity index (χ1v) is 12.3. The van der Waals surface area contributed by atoms with Gasteiger partial charge in [-0.1, -0.05) is 60.7 Å². The molecule has 3 amide bonds. The number of furan rings is 1. The summed E-state index contributed by atoms with van der Waals surface area (Å²) in [5.74, 6) is -0.756. The van der Waals surface area contributed by atoms with Crippen LogP contribution in [0.5, 0.6) is 0 Å². The third kappa shape index (κ3) is 6.03. The van der Waals surface area contributed by atoms with Crippen LogP contribution in [0.3, 0.4) is 0 Å². The molecular weight excluding hydrogens is 486 g/mol. The molecule has 2 heterocycles. The van der Waals surface area contributed by atoms with Gasteiger partial charge >= 0.3 is 6.09 Å². The SMILES string of the molecule is COC(=O)N[C@@H](C(=O)N1CCC[C@H]1C(=O)NCc1ccc(C(=N)N)o1)C(c1ccccc1)c1ccccc1. The third-order valence-corrected chi connectivity index (χ3v) is 6.58. The molecule has 2 atom stereocenters. The highest BCUT2D eigenvalue weighted by Crippen LogP contribution is 2.31. The fourth-order valence-electron chi connectivity index (χ4n) is 4.76. The number of hydrogen-bond donors (Lipinski definition) is 4. The van der Waals surface area contributed by atoms with Crippen molar-refractivity contribution in [2.24, 2.45) is 5.73 Å². The van der Waals surface area contributed by atoms with E-state index in [2.05, 4.69) is 10.6 Å². The Morgan fingerprint density at radius 2 is 1.68 bits per heavy atom. The molecule has 0 radical (unpaired) electrons. The zero-order chi connectivity index (χ0) is 27.1. The number of amides is 3. The van der Waals surface area contributed by atoms with Crippen molar-refractivity contribution in [3.8, 4) is 0 Å². The number of carbonyl (C=O) groups is 3. The summed E-state index contributed by atoms with van der Waals surface area (Å²) >= 11 is 0. The van der Waals surface area contributed by atoms with E-state index in [1.165, 1.54) is 12.0 Å². The van der Waals surface area contributed by atoms with Crippen molar-refractivity contribution in [2.45, 2.75) is 37.4 Å². The molecule has 1 aliphatic rings. The van der Waals surface area contributed by atoms with Crippen LogP contribution in [0, 0.1) is 5.41 Å². The number of alkyl carbamates (subject to hydrolysis) is 1. The lowest BCUT2D eigenvalue weighted by atomic mass is 9.84. The predicted octanol–water partition coefficient (Wildman–Crippen LogP) is 2.73. The number of carbonyl (C=O) groups excluding carboxylic acids is 3. The average Bonchev–Trinajstić information content (AvgIpc) is 3.62. The van der Waals surface area contributed by atoms with Gasteiger partial charge in [-0.2, -0.15) is 0 Å². The maximum atomic E-state index is 14.1. The van der Waals surface area contributed by atoms with E-state index in [1.807, 2.05) is 60.7 Å². The van der Waals surface area contributed by atoms with Gasteiger partial charge in [-0.15, -0.1) is 0 Å². The number of rotatable bonds is 9. The fraction of sp³-hybridized carbons (Fsp3) is 0.286. The molecule has 3 aromatic rings. The zero-order valence-electron chi connectivity index (χ0n) is 21.1. The fourth-order valence-corrected chi connectivity index (χ4v) is 4.76. The number of hydrogen-bond acceptors (Lipinski definition) is 6. The number of nitrogens with one attached hydrogen (secondary N) is 3. The first-order valence-electron chi connectivity index (χ1n) is 12.3. The first kappa shape index (κ1) is 26.5. The lowest BCUT2D eigenvalue weighted by Crippen LogP contribution is -2.55. The summed E-state index contributed by atoms with van der Waals surface area (Å²) in [7, 11) is 1.25. The molecule has 1 saturated heterocycles. The van der Waals surface area contributed by atoms with Crippen LogP contribution in [0.25, 0.3) is 0 Å². The normalized spacial score (nSPS) is 15.6. The van der Waals surface area contributed by atoms with Crippen molar-refractivity contribution < 1.29 is 23.5 Å².